The zero-order valence-corrected chi connectivity index (χ0v) is 9.32. The summed E-state index contributed by atoms with van der Waals surface area (Å²) in [5.74, 6) is 0.0262. The van der Waals surface area contributed by atoms with Crippen LogP contribution in [0, 0.1) is 0 Å². The molecular weight excluding hydrogens is 210 g/mol. The van der Waals surface area contributed by atoms with Crippen LogP contribution in [0.3, 0.4) is 0 Å². The Bertz CT molecular complexity index is 390. The predicted molar refractivity (Wildman–Crippen MR) is 58.8 cm³/mol. The molecule has 0 saturated heterocycles. The predicted octanol–water partition coefficient (Wildman–Crippen LogP) is 0.790. The molecule has 1 aromatic rings. The van der Waals surface area contributed by atoms with Crippen LogP contribution in [-0.2, 0) is 17.8 Å². The van der Waals surface area contributed by atoms with E-state index < -0.39 is 5.97 Å². The van der Waals surface area contributed by atoms with Gasteiger partial charge in [-0.05, 0) is 17.7 Å². The summed E-state index contributed by atoms with van der Waals surface area (Å²) in [6, 6.07) is 3.46. The van der Waals surface area contributed by atoms with Crippen LogP contribution >= 0.6 is 0 Å². The summed E-state index contributed by atoms with van der Waals surface area (Å²) in [5, 5.41) is 8.79. The number of carboxylic acids is 1. The molecule has 0 bridgehead atoms. The molecule has 0 saturated carbocycles. The average molecular weight is 225 g/mol. The van der Waals surface area contributed by atoms with Crippen LogP contribution in [0.15, 0.2) is 12.1 Å². The van der Waals surface area contributed by atoms with E-state index in [1.165, 1.54) is 14.2 Å². The van der Waals surface area contributed by atoms with Crippen molar-refractivity contribution in [3.63, 3.8) is 0 Å². The van der Waals surface area contributed by atoms with Crippen molar-refractivity contribution < 1.29 is 19.4 Å². The van der Waals surface area contributed by atoms with E-state index >= 15 is 0 Å². The second-order valence-corrected chi connectivity index (χ2v) is 3.27. The van der Waals surface area contributed by atoms with Gasteiger partial charge in [-0.2, -0.15) is 0 Å². The number of methoxy groups -OCH3 is 2. The van der Waals surface area contributed by atoms with Crippen LogP contribution < -0.4 is 15.2 Å². The van der Waals surface area contributed by atoms with Gasteiger partial charge in [0.1, 0.15) is 0 Å². The lowest BCUT2D eigenvalue weighted by Gasteiger charge is -2.13. The minimum Gasteiger partial charge on any atom is -0.493 e. The number of rotatable bonds is 5. The lowest BCUT2D eigenvalue weighted by molar-refractivity contribution is -0.136. The maximum absolute atomic E-state index is 10.7. The summed E-state index contributed by atoms with van der Waals surface area (Å²) >= 11 is 0. The smallest absolute Gasteiger partial charge is 0.307 e. The second kappa shape index (κ2) is 5.37. The largest absolute Gasteiger partial charge is 0.493 e. The highest BCUT2D eigenvalue weighted by Crippen LogP contribution is 2.32. The molecule has 1 rings (SSSR count). The molecule has 88 valence electrons. The van der Waals surface area contributed by atoms with E-state index in [0.717, 1.165) is 5.56 Å². The molecule has 0 fully saturated rings. The fraction of sp³-hybridized carbons (Fsp3) is 0.364. The summed E-state index contributed by atoms with van der Waals surface area (Å²) < 4.78 is 10.3. The van der Waals surface area contributed by atoms with Gasteiger partial charge >= 0.3 is 5.97 Å². The maximum Gasteiger partial charge on any atom is 0.307 e. The van der Waals surface area contributed by atoms with Gasteiger partial charge in [0.15, 0.2) is 11.5 Å². The van der Waals surface area contributed by atoms with E-state index in [2.05, 4.69) is 0 Å². The molecule has 0 spiro atoms. The number of ether oxygens (including phenoxy) is 2. The molecule has 1 aromatic carbocycles. The second-order valence-electron chi connectivity index (χ2n) is 3.27. The first-order valence-corrected chi connectivity index (χ1v) is 4.78. The highest BCUT2D eigenvalue weighted by atomic mass is 16.5. The Balaban J connectivity index is 3.25. The van der Waals surface area contributed by atoms with Gasteiger partial charge in [0.05, 0.1) is 20.6 Å². The molecule has 0 heterocycles. The van der Waals surface area contributed by atoms with Crippen LogP contribution in [0.4, 0.5) is 0 Å². The van der Waals surface area contributed by atoms with Crippen LogP contribution in [0.5, 0.6) is 11.5 Å². The Hall–Kier alpha value is -1.75. The van der Waals surface area contributed by atoms with Gasteiger partial charge in [0.25, 0.3) is 0 Å². The fourth-order valence-electron chi connectivity index (χ4n) is 1.52. The Morgan fingerprint density at radius 2 is 2.06 bits per heavy atom. The normalized spacial score (nSPS) is 9.94. The summed E-state index contributed by atoms with van der Waals surface area (Å²) in [7, 11) is 2.98. The lowest BCUT2D eigenvalue weighted by Crippen LogP contribution is -2.06. The lowest BCUT2D eigenvalue weighted by atomic mass is 10.1. The van der Waals surface area contributed by atoms with Crippen molar-refractivity contribution in [1.82, 2.24) is 0 Å². The first kappa shape index (κ1) is 12.3. The van der Waals surface area contributed by atoms with E-state index in [4.69, 9.17) is 20.3 Å². The standard InChI is InChI=1S/C11H15NO4/c1-15-9-4-7(6-12)3-8(5-10(13)14)11(9)16-2/h3-4H,5-6,12H2,1-2H3,(H,13,14). The quantitative estimate of drug-likeness (QED) is 0.774. The van der Waals surface area contributed by atoms with Gasteiger partial charge in [-0.25, -0.2) is 0 Å². The van der Waals surface area contributed by atoms with Crippen molar-refractivity contribution in [2.75, 3.05) is 14.2 Å². The van der Waals surface area contributed by atoms with Crippen molar-refractivity contribution in [2.24, 2.45) is 5.73 Å². The summed E-state index contributed by atoms with van der Waals surface area (Å²) in [6.07, 6.45) is -0.118. The van der Waals surface area contributed by atoms with Gasteiger partial charge in [-0.3, -0.25) is 4.79 Å². The molecule has 0 amide bonds. The zero-order valence-electron chi connectivity index (χ0n) is 9.32. The SMILES string of the molecule is COc1cc(CN)cc(CC(=O)O)c1OC. The van der Waals surface area contributed by atoms with E-state index in [9.17, 15) is 4.79 Å². The number of hydrogen-bond donors (Lipinski definition) is 2. The van der Waals surface area contributed by atoms with Gasteiger partial charge < -0.3 is 20.3 Å². The van der Waals surface area contributed by atoms with Crippen molar-refractivity contribution in [3.8, 4) is 11.5 Å². The number of nitrogens with two attached hydrogens (primary N) is 1. The molecule has 0 unspecified atom stereocenters. The molecule has 0 aliphatic heterocycles. The third-order valence-electron chi connectivity index (χ3n) is 2.19. The van der Waals surface area contributed by atoms with Gasteiger partial charge in [-0.1, -0.05) is 0 Å². The van der Waals surface area contributed by atoms with Gasteiger partial charge in [-0.15, -0.1) is 0 Å². The number of hydrogen-bond acceptors (Lipinski definition) is 4. The molecule has 0 atom stereocenters. The molecular formula is C11H15NO4. The van der Waals surface area contributed by atoms with Crippen LogP contribution in [0.25, 0.3) is 0 Å². The Morgan fingerprint density at radius 1 is 1.38 bits per heavy atom. The van der Waals surface area contributed by atoms with Gasteiger partial charge in [0, 0.05) is 12.1 Å². The Labute approximate surface area is 93.8 Å². The summed E-state index contributed by atoms with van der Waals surface area (Å²) in [5.41, 5.74) is 6.90. The molecule has 16 heavy (non-hydrogen) atoms. The average Bonchev–Trinajstić information content (AvgIpc) is 2.27. The van der Waals surface area contributed by atoms with Crippen LogP contribution in [0.2, 0.25) is 0 Å². The number of carboxylic acid groups (broad SMARTS) is 1. The Morgan fingerprint density at radius 3 is 2.50 bits per heavy atom. The van der Waals surface area contributed by atoms with E-state index in [-0.39, 0.29) is 6.42 Å². The molecule has 0 aromatic heterocycles. The highest BCUT2D eigenvalue weighted by Gasteiger charge is 2.14. The topological polar surface area (TPSA) is 81.8 Å². The number of aliphatic carboxylic acids is 1. The molecule has 5 heteroatoms. The molecule has 5 nitrogen and oxygen atoms in total. The molecule has 0 aliphatic rings. The van der Waals surface area contributed by atoms with Crippen molar-refractivity contribution in [2.45, 2.75) is 13.0 Å². The summed E-state index contributed by atoms with van der Waals surface area (Å²) in [4.78, 5) is 10.7. The summed E-state index contributed by atoms with van der Waals surface area (Å²) in [6.45, 7) is 0.326. The number of benzene rings is 1. The first-order chi connectivity index (χ1) is 7.62. The van der Waals surface area contributed by atoms with Crippen molar-refractivity contribution in [1.29, 1.82) is 0 Å². The van der Waals surface area contributed by atoms with E-state index in [1.807, 2.05) is 0 Å². The van der Waals surface area contributed by atoms with Gasteiger partial charge in [0.2, 0.25) is 0 Å². The molecule has 0 aliphatic carbocycles. The monoisotopic (exact) mass is 225 g/mol. The van der Waals surface area contributed by atoms with Crippen molar-refractivity contribution in [3.05, 3.63) is 23.3 Å². The minimum atomic E-state index is -0.922. The fourth-order valence-corrected chi connectivity index (χ4v) is 1.52. The minimum absolute atomic E-state index is 0.118. The zero-order chi connectivity index (χ0) is 12.1. The molecule has 0 radical (unpaired) electrons. The van der Waals surface area contributed by atoms with E-state index in [1.54, 1.807) is 12.1 Å². The highest BCUT2D eigenvalue weighted by molar-refractivity contribution is 5.72. The Kier molecular flexibility index (Phi) is 4.13. The third-order valence-corrected chi connectivity index (χ3v) is 2.19. The van der Waals surface area contributed by atoms with E-state index in [0.29, 0.717) is 23.6 Å². The first-order valence-electron chi connectivity index (χ1n) is 4.78. The van der Waals surface area contributed by atoms with Crippen LogP contribution in [-0.4, -0.2) is 25.3 Å². The third kappa shape index (κ3) is 2.64. The van der Waals surface area contributed by atoms with Crippen LogP contribution in [0.1, 0.15) is 11.1 Å². The maximum atomic E-state index is 10.7. The molecule has 3 N–H and O–H groups in total. The van der Waals surface area contributed by atoms with Crippen molar-refractivity contribution >= 4 is 5.97 Å². The number of carbonyl (C=O) groups is 1.